The first-order valence-corrected chi connectivity index (χ1v) is 5.78. The molecule has 0 amide bonds. The third-order valence-corrected chi connectivity index (χ3v) is 3.28. The van der Waals surface area contributed by atoms with Crippen molar-refractivity contribution >= 4 is 19.0 Å². The van der Waals surface area contributed by atoms with Gasteiger partial charge in [0.1, 0.15) is 0 Å². The van der Waals surface area contributed by atoms with Crippen molar-refractivity contribution in [2.24, 2.45) is 0 Å². The monoisotopic (exact) mass is 202 g/mol. The van der Waals surface area contributed by atoms with Gasteiger partial charge in [0.25, 0.3) is 0 Å². The predicted octanol–water partition coefficient (Wildman–Crippen LogP) is 0.792. The molecule has 13 heavy (non-hydrogen) atoms. The molecule has 0 aliphatic carbocycles. The molecule has 1 radical (unpaired) electrons. The molecular formula is C9H21N3P. The van der Waals surface area contributed by atoms with E-state index in [1.807, 2.05) is 0 Å². The van der Waals surface area contributed by atoms with Gasteiger partial charge in [-0.05, 0) is 42.3 Å². The van der Waals surface area contributed by atoms with Gasteiger partial charge in [-0.25, -0.2) is 0 Å². The van der Waals surface area contributed by atoms with Crippen molar-refractivity contribution in [3.8, 4) is 0 Å². The van der Waals surface area contributed by atoms with Crippen LogP contribution < -0.4 is 0 Å². The molecule has 0 fully saturated rings. The molecule has 0 heterocycles. The summed E-state index contributed by atoms with van der Waals surface area (Å²) >= 11 is 0. The van der Waals surface area contributed by atoms with Crippen molar-refractivity contribution in [1.29, 1.82) is 0 Å². The third kappa shape index (κ3) is 8.26. The van der Waals surface area contributed by atoms with Crippen LogP contribution in [0.5, 0.6) is 0 Å². The van der Waals surface area contributed by atoms with Gasteiger partial charge in [-0.3, -0.25) is 14.7 Å². The third-order valence-electron chi connectivity index (χ3n) is 1.09. The lowest BCUT2D eigenvalue weighted by Gasteiger charge is -2.11. The highest BCUT2D eigenvalue weighted by Gasteiger charge is 1.92. The molecule has 0 aromatic carbocycles. The number of hydrogen-bond donors (Lipinski definition) is 0. The molecule has 0 saturated carbocycles. The Hall–Kier alpha value is -0.0800. The summed E-state index contributed by atoms with van der Waals surface area (Å²) in [4.78, 5) is 6.31. The number of nitrogens with zero attached hydrogens (tertiary/aromatic N) is 3. The largest absolute Gasteiger partial charge is 0.297 e. The van der Waals surface area contributed by atoms with Gasteiger partial charge in [0.15, 0.2) is 0 Å². The normalized spacial score (nSPS) is 13.8. The van der Waals surface area contributed by atoms with E-state index in [0.29, 0.717) is 0 Å². The van der Waals surface area contributed by atoms with Gasteiger partial charge in [0.05, 0.1) is 6.29 Å². The zero-order chi connectivity index (χ0) is 10.4. The molecule has 4 heteroatoms. The van der Waals surface area contributed by atoms with Crippen LogP contribution in [0.25, 0.3) is 0 Å². The summed E-state index contributed by atoms with van der Waals surface area (Å²) in [6, 6.07) is 0. The molecule has 0 spiro atoms. The Morgan fingerprint density at radius 3 is 1.31 bits per heavy atom. The maximum Gasteiger partial charge on any atom is 0.0729 e. The van der Waals surface area contributed by atoms with E-state index in [0.717, 1.165) is 0 Å². The van der Waals surface area contributed by atoms with Crippen LogP contribution in [-0.2, 0) is 0 Å². The van der Waals surface area contributed by atoms with Crippen LogP contribution in [0.2, 0.25) is 0 Å². The van der Waals surface area contributed by atoms with Gasteiger partial charge < -0.3 is 0 Å². The highest BCUT2D eigenvalue weighted by Crippen LogP contribution is 2.13. The number of rotatable bonds is 4. The Balaban J connectivity index is 4.56. The zero-order valence-electron chi connectivity index (χ0n) is 9.52. The van der Waals surface area contributed by atoms with Crippen LogP contribution in [-0.4, -0.2) is 68.8 Å². The SMILES string of the molecule is CN(C)[CH]/P(=C\N(C)C)=C/N(C)C. The quantitative estimate of drug-likeness (QED) is 0.624. The molecule has 0 aliphatic heterocycles. The van der Waals surface area contributed by atoms with Crippen molar-refractivity contribution in [3.05, 3.63) is 6.29 Å². The van der Waals surface area contributed by atoms with Gasteiger partial charge in [-0.2, -0.15) is 0 Å². The highest BCUT2D eigenvalue weighted by atomic mass is 31.1. The Morgan fingerprint density at radius 1 is 0.692 bits per heavy atom. The average molecular weight is 202 g/mol. The van der Waals surface area contributed by atoms with Crippen molar-refractivity contribution in [2.45, 2.75) is 0 Å². The van der Waals surface area contributed by atoms with Crippen molar-refractivity contribution < 1.29 is 0 Å². The van der Waals surface area contributed by atoms with E-state index in [2.05, 4.69) is 75.1 Å². The fourth-order valence-corrected chi connectivity index (χ4v) is 2.67. The highest BCUT2D eigenvalue weighted by molar-refractivity contribution is 7.58. The molecule has 0 aromatic heterocycles. The minimum Gasteiger partial charge on any atom is -0.297 e. The fraction of sp³-hybridized carbons (Fsp3) is 0.667. The lowest BCUT2D eigenvalue weighted by molar-refractivity contribution is 0.541. The van der Waals surface area contributed by atoms with Gasteiger partial charge in [0.2, 0.25) is 0 Å². The molecular weight excluding hydrogens is 181 g/mol. The molecule has 0 saturated heterocycles. The molecule has 0 rings (SSSR count). The summed E-state index contributed by atoms with van der Waals surface area (Å²) in [5, 5.41) is 0. The second kappa shape index (κ2) is 6.39. The summed E-state index contributed by atoms with van der Waals surface area (Å²) in [7, 11) is 12.1. The summed E-state index contributed by atoms with van der Waals surface area (Å²) < 4.78 is 0. The molecule has 0 aliphatic rings. The summed E-state index contributed by atoms with van der Waals surface area (Å²) in [6.45, 7) is 0. The van der Waals surface area contributed by atoms with Crippen molar-refractivity contribution in [3.63, 3.8) is 0 Å². The van der Waals surface area contributed by atoms with Crippen LogP contribution in [0.15, 0.2) is 0 Å². The van der Waals surface area contributed by atoms with Crippen LogP contribution in [0, 0.1) is 6.29 Å². The van der Waals surface area contributed by atoms with Crippen LogP contribution in [0.4, 0.5) is 0 Å². The summed E-state index contributed by atoms with van der Waals surface area (Å²) in [5.41, 5.74) is 0. The Labute approximate surface area is 83.0 Å². The first-order chi connectivity index (χ1) is 5.91. The van der Waals surface area contributed by atoms with Crippen molar-refractivity contribution in [2.75, 3.05) is 42.3 Å². The minimum atomic E-state index is -0.276. The minimum absolute atomic E-state index is 0.276. The van der Waals surface area contributed by atoms with Gasteiger partial charge in [0, 0.05) is 11.8 Å². The van der Waals surface area contributed by atoms with E-state index < -0.39 is 0 Å². The predicted molar refractivity (Wildman–Crippen MR) is 64.4 cm³/mol. The molecule has 0 bridgehead atoms. The Kier molecular flexibility index (Phi) is 6.35. The molecule has 1 unspecified atom stereocenters. The smallest absolute Gasteiger partial charge is 0.0729 e. The maximum atomic E-state index is 2.23. The van der Waals surface area contributed by atoms with E-state index in [1.54, 1.807) is 0 Å². The molecule has 3 nitrogen and oxygen atoms in total. The fourth-order valence-electron chi connectivity index (χ4n) is 0.889. The van der Waals surface area contributed by atoms with Crippen LogP contribution in [0.1, 0.15) is 0 Å². The topological polar surface area (TPSA) is 9.72 Å². The van der Waals surface area contributed by atoms with Crippen LogP contribution in [0.3, 0.4) is 0 Å². The van der Waals surface area contributed by atoms with E-state index in [1.165, 1.54) is 0 Å². The first kappa shape index (κ1) is 12.9. The second-order valence-electron chi connectivity index (χ2n) is 3.68. The van der Waals surface area contributed by atoms with Crippen LogP contribution >= 0.6 is 7.17 Å². The first-order valence-electron chi connectivity index (χ1n) is 4.23. The summed E-state index contributed by atoms with van der Waals surface area (Å²) in [6.07, 6.45) is 2.23. The van der Waals surface area contributed by atoms with Gasteiger partial charge in [-0.15, -0.1) is 0 Å². The Bertz CT molecular complexity index is 197. The van der Waals surface area contributed by atoms with Gasteiger partial charge >= 0.3 is 0 Å². The Morgan fingerprint density at radius 2 is 1.08 bits per heavy atom. The molecule has 0 aromatic rings. The molecule has 77 valence electrons. The summed E-state index contributed by atoms with van der Waals surface area (Å²) in [5.74, 6) is 4.46. The van der Waals surface area contributed by atoms with E-state index >= 15 is 0 Å². The molecule has 1 atom stereocenters. The average Bonchev–Trinajstić information content (AvgIpc) is 1.80. The van der Waals surface area contributed by atoms with Gasteiger partial charge in [-0.1, -0.05) is 7.17 Å². The maximum absolute atomic E-state index is 2.23. The zero-order valence-corrected chi connectivity index (χ0v) is 10.4. The second-order valence-corrected chi connectivity index (χ2v) is 5.27. The lowest BCUT2D eigenvalue weighted by Crippen LogP contribution is -2.12. The van der Waals surface area contributed by atoms with E-state index in [9.17, 15) is 0 Å². The van der Waals surface area contributed by atoms with E-state index in [-0.39, 0.29) is 7.17 Å². The standard InChI is InChI=1S/C9H21N3P/c1-10(2)7-13(8-11(3)4)9-12(5)6/h7-9H,1-6H3. The molecule has 0 N–H and O–H groups in total. The lowest BCUT2D eigenvalue weighted by atomic mass is 11.0. The number of hydrogen-bond acceptors (Lipinski definition) is 1. The van der Waals surface area contributed by atoms with E-state index in [4.69, 9.17) is 0 Å². The van der Waals surface area contributed by atoms with Crippen molar-refractivity contribution in [1.82, 2.24) is 14.7 Å².